The van der Waals surface area contributed by atoms with Gasteiger partial charge in [-0.2, -0.15) is 13.2 Å². The minimum absolute atomic E-state index is 0.111. The summed E-state index contributed by atoms with van der Waals surface area (Å²) in [6, 6.07) is 3.87. The molecule has 0 aliphatic carbocycles. The molecular formula is C11H4F3NO2. The van der Waals surface area contributed by atoms with Crippen LogP contribution in [0.3, 0.4) is 0 Å². The molecule has 0 aliphatic rings. The monoisotopic (exact) mass is 239 g/mol. The number of fused-ring (bicyclic) bond motifs is 1. The van der Waals surface area contributed by atoms with E-state index in [9.17, 15) is 18.0 Å². The number of halogens is 3. The molecule has 0 bridgehead atoms. The van der Waals surface area contributed by atoms with E-state index in [-0.39, 0.29) is 16.7 Å². The average molecular weight is 239 g/mol. The van der Waals surface area contributed by atoms with Crippen molar-refractivity contribution in [2.45, 2.75) is 6.18 Å². The van der Waals surface area contributed by atoms with E-state index < -0.39 is 17.4 Å². The molecule has 0 N–H and O–H groups in total. The second-order valence-corrected chi connectivity index (χ2v) is 3.27. The molecule has 3 nitrogen and oxygen atoms in total. The molecule has 6 heteroatoms. The molecule has 0 radical (unpaired) electrons. The number of hydrogen-bond acceptors (Lipinski definition) is 2. The highest BCUT2D eigenvalue weighted by Crippen LogP contribution is 2.34. The Morgan fingerprint density at radius 2 is 1.94 bits per heavy atom. The molecule has 0 saturated heterocycles. The van der Waals surface area contributed by atoms with Gasteiger partial charge in [0.05, 0.1) is 12.1 Å². The van der Waals surface area contributed by atoms with Crippen LogP contribution in [0.5, 0.6) is 0 Å². The highest BCUT2D eigenvalue weighted by Gasteiger charge is 2.33. The van der Waals surface area contributed by atoms with Gasteiger partial charge in [-0.25, -0.2) is 9.64 Å². The molecule has 1 heterocycles. The fourth-order valence-electron chi connectivity index (χ4n) is 1.46. The van der Waals surface area contributed by atoms with Crippen molar-refractivity contribution in [3.8, 4) is 0 Å². The Bertz CT molecular complexity index is 680. The van der Waals surface area contributed by atoms with Crippen molar-refractivity contribution < 1.29 is 17.6 Å². The summed E-state index contributed by atoms with van der Waals surface area (Å²) in [5.41, 5.74) is -2.27. The second kappa shape index (κ2) is 3.63. The minimum Gasteiger partial charge on any atom is -0.424 e. The zero-order valence-electron chi connectivity index (χ0n) is 8.21. The van der Waals surface area contributed by atoms with E-state index in [1.54, 1.807) is 0 Å². The predicted octanol–water partition coefficient (Wildman–Crippen LogP) is 3.36. The first-order valence-corrected chi connectivity index (χ1v) is 4.44. The number of nitrogens with zero attached hydrogens (tertiary/aromatic N) is 1. The second-order valence-electron chi connectivity index (χ2n) is 3.27. The van der Waals surface area contributed by atoms with Crippen LogP contribution in [0, 0.1) is 6.57 Å². The van der Waals surface area contributed by atoms with Crippen LogP contribution in [0.4, 0.5) is 18.9 Å². The molecule has 2 aromatic rings. The number of rotatable bonds is 0. The fourth-order valence-corrected chi connectivity index (χ4v) is 1.46. The molecule has 86 valence electrons. The quantitative estimate of drug-likeness (QED) is 0.521. The first-order chi connectivity index (χ1) is 7.91. The minimum atomic E-state index is -4.63. The van der Waals surface area contributed by atoms with E-state index in [1.165, 1.54) is 6.07 Å². The van der Waals surface area contributed by atoms with Crippen molar-refractivity contribution in [2.75, 3.05) is 0 Å². The lowest BCUT2D eigenvalue weighted by Crippen LogP contribution is -2.10. The van der Waals surface area contributed by atoms with E-state index in [0.717, 1.165) is 12.1 Å². The van der Waals surface area contributed by atoms with E-state index in [1.807, 2.05) is 0 Å². The van der Waals surface area contributed by atoms with Crippen molar-refractivity contribution in [3.05, 3.63) is 51.7 Å². The van der Waals surface area contributed by atoms with Crippen LogP contribution in [0.15, 0.2) is 33.5 Å². The fraction of sp³-hybridized carbons (Fsp3) is 0.0909. The summed E-state index contributed by atoms with van der Waals surface area (Å²) < 4.78 is 42.6. The zero-order valence-corrected chi connectivity index (χ0v) is 8.21. The molecule has 0 atom stereocenters. The largest absolute Gasteiger partial charge is 0.424 e. The third kappa shape index (κ3) is 1.99. The number of benzene rings is 1. The van der Waals surface area contributed by atoms with Gasteiger partial charge in [0.1, 0.15) is 5.58 Å². The molecule has 0 saturated carbocycles. The molecular weight excluding hydrogens is 235 g/mol. The van der Waals surface area contributed by atoms with Gasteiger partial charge < -0.3 is 4.42 Å². The Balaban J connectivity index is 2.88. The van der Waals surface area contributed by atoms with Gasteiger partial charge in [-0.05, 0) is 6.07 Å². The van der Waals surface area contributed by atoms with Crippen LogP contribution in [-0.4, -0.2) is 0 Å². The number of alkyl halides is 3. The Morgan fingerprint density at radius 3 is 2.53 bits per heavy atom. The smallest absolute Gasteiger partial charge is 0.417 e. The van der Waals surface area contributed by atoms with Crippen molar-refractivity contribution in [2.24, 2.45) is 0 Å². The first-order valence-electron chi connectivity index (χ1n) is 4.44. The Morgan fingerprint density at radius 1 is 1.24 bits per heavy atom. The number of hydrogen-bond donors (Lipinski definition) is 0. The van der Waals surface area contributed by atoms with E-state index in [2.05, 4.69) is 9.26 Å². The maximum atomic E-state index is 12.6. The Labute approximate surface area is 92.9 Å². The topological polar surface area (TPSA) is 34.6 Å². The summed E-state index contributed by atoms with van der Waals surface area (Å²) in [5, 5.41) is -0.232. The highest BCUT2D eigenvalue weighted by atomic mass is 19.4. The van der Waals surface area contributed by atoms with Crippen LogP contribution in [0.25, 0.3) is 15.8 Å². The lowest BCUT2D eigenvalue weighted by Gasteiger charge is -2.08. The Hall–Kier alpha value is -2.29. The van der Waals surface area contributed by atoms with E-state index in [4.69, 9.17) is 6.57 Å². The van der Waals surface area contributed by atoms with Gasteiger partial charge in [0.25, 0.3) is 0 Å². The predicted molar refractivity (Wildman–Crippen MR) is 53.7 cm³/mol. The van der Waals surface area contributed by atoms with Gasteiger partial charge in [0, 0.05) is 11.5 Å². The summed E-state index contributed by atoms with van der Waals surface area (Å²) in [6.45, 7) is 6.73. The normalized spacial score (nSPS) is 11.4. The van der Waals surface area contributed by atoms with Crippen molar-refractivity contribution >= 4 is 16.7 Å². The standard InChI is InChI=1S/C11H4F3NO2/c1-15-6-2-3-7-8(11(12,13)14)5-10(16)17-9(7)4-6/h2-5H. The van der Waals surface area contributed by atoms with Gasteiger partial charge in [-0.15, -0.1) is 0 Å². The van der Waals surface area contributed by atoms with Crippen LogP contribution in [-0.2, 0) is 6.18 Å². The van der Waals surface area contributed by atoms with Crippen molar-refractivity contribution in [3.63, 3.8) is 0 Å². The molecule has 0 spiro atoms. The molecule has 1 aromatic carbocycles. The summed E-state index contributed by atoms with van der Waals surface area (Å²) in [5.74, 6) is 0. The van der Waals surface area contributed by atoms with Gasteiger partial charge in [-0.1, -0.05) is 12.1 Å². The van der Waals surface area contributed by atoms with Crippen LogP contribution >= 0.6 is 0 Å². The molecule has 0 fully saturated rings. The molecule has 0 unspecified atom stereocenters. The van der Waals surface area contributed by atoms with Gasteiger partial charge in [0.2, 0.25) is 0 Å². The van der Waals surface area contributed by atoms with E-state index in [0.29, 0.717) is 6.07 Å². The lowest BCUT2D eigenvalue weighted by atomic mass is 10.1. The average Bonchev–Trinajstić information content (AvgIpc) is 2.25. The summed E-state index contributed by atoms with van der Waals surface area (Å²) in [6.07, 6.45) is -4.63. The molecule has 1 aromatic heterocycles. The highest BCUT2D eigenvalue weighted by molar-refractivity contribution is 5.84. The van der Waals surface area contributed by atoms with Gasteiger partial charge in [0.15, 0.2) is 5.69 Å². The molecule has 0 amide bonds. The molecule has 2 rings (SSSR count). The maximum Gasteiger partial charge on any atom is 0.417 e. The van der Waals surface area contributed by atoms with Gasteiger partial charge >= 0.3 is 11.8 Å². The lowest BCUT2D eigenvalue weighted by molar-refractivity contribution is -0.136. The third-order valence-corrected chi connectivity index (χ3v) is 2.16. The van der Waals surface area contributed by atoms with Crippen LogP contribution in [0.2, 0.25) is 0 Å². The first kappa shape index (κ1) is 11.2. The molecule has 17 heavy (non-hydrogen) atoms. The maximum absolute atomic E-state index is 12.6. The van der Waals surface area contributed by atoms with Crippen molar-refractivity contribution in [1.29, 1.82) is 0 Å². The summed E-state index contributed by atoms with van der Waals surface area (Å²) in [4.78, 5) is 14.1. The summed E-state index contributed by atoms with van der Waals surface area (Å²) in [7, 11) is 0. The Kier molecular flexibility index (Phi) is 2.39. The summed E-state index contributed by atoms with van der Waals surface area (Å²) >= 11 is 0. The van der Waals surface area contributed by atoms with Crippen molar-refractivity contribution in [1.82, 2.24) is 0 Å². The van der Waals surface area contributed by atoms with Crippen LogP contribution in [0.1, 0.15) is 5.56 Å². The third-order valence-electron chi connectivity index (χ3n) is 2.16. The molecule has 0 aliphatic heterocycles. The zero-order chi connectivity index (χ0) is 12.6. The SMILES string of the molecule is [C-]#[N+]c1ccc2c(C(F)(F)F)cc(=O)oc2c1. The van der Waals surface area contributed by atoms with Gasteiger partial charge in [-0.3, -0.25) is 0 Å². The van der Waals surface area contributed by atoms with E-state index >= 15 is 0 Å². The van der Waals surface area contributed by atoms with Crippen LogP contribution < -0.4 is 5.63 Å².